The fraction of sp³-hybridized carbons (Fsp3) is 0.250. The number of imidazole rings is 1. The maximum absolute atomic E-state index is 4.22. The molecule has 2 heterocycles. The largest absolute Gasteiger partial charge is 0.379 e. The fourth-order valence-corrected chi connectivity index (χ4v) is 2.31. The molecule has 2 N–H and O–H groups in total. The second-order valence-corrected chi connectivity index (χ2v) is 5.29. The van der Waals surface area contributed by atoms with E-state index in [1.165, 1.54) is 5.69 Å². The van der Waals surface area contributed by atoms with Gasteiger partial charge in [-0.25, -0.2) is 4.98 Å². The lowest BCUT2D eigenvalue weighted by molar-refractivity contribution is 0.577. The fourth-order valence-electron chi connectivity index (χ4n) is 2.31. The summed E-state index contributed by atoms with van der Waals surface area (Å²) in [7, 11) is 0. The van der Waals surface area contributed by atoms with Crippen molar-refractivity contribution in [2.24, 2.45) is 0 Å². The summed E-state index contributed by atoms with van der Waals surface area (Å²) >= 11 is 0. The standard InChI is InChI=1S/C16H19N5/c1-12(2)21-11-17-9-15(21)10-18-14-5-3-13(4-6-14)16-7-8-19-20-16/h3-9,11-12,18H,10H2,1-2H3,(H,19,20). The predicted molar refractivity (Wildman–Crippen MR) is 84.0 cm³/mol. The van der Waals surface area contributed by atoms with Crippen LogP contribution in [-0.2, 0) is 6.54 Å². The quantitative estimate of drug-likeness (QED) is 0.753. The number of hydrogen-bond donors (Lipinski definition) is 2. The number of nitrogens with one attached hydrogen (secondary N) is 2. The summed E-state index contributed by atoms with van der Waals surface area (Å²) in [6.45, 7) is 5.08. The monoisotopic (exact) mass is 281 g/mol. The molecule has 3 rings (SSSR count). The highest BCUT2D eigenvalue weighted by Crippen LogP contribution is 2.19. The number of aromatic nitrogens is 4. The molecule has 3 aromatic rings. The molecule has 5 heteroatoms. The minimum Gasteiger partial charge on any atom is -0.379 e. The SMILES string of the molecule is CC(C)n1cncc1CNc1ccc(-c2ccn[nH]2)cc1. The number of anilines is 1. The summed E-state index contributed by atoms with van der Waals surface area (Å²) < 4.78 is 2.17. The van der Waals surface area contributed by atoms with Crippen LogP contribution in [0.1, 0.15) is 25.6 Å². The van der Waals surface area contributed by atoms with Gasteiger partial charge in [-0.05, 0) is 37.6 Å². The normalized spacial score (nSPS) is 11.0. The highest BCUT2D eigenvalue weighted by Gasteiger charge is 2.05. The lowest BCUT2D eigenvalue weighted by atomic mass is 10.1. The molecule has 0 saturated heterocycles. The number of benzene rings is 1. The molecule has 0 aliphatic rings. The van der Waals surface area contributed by atoms with Gasteiger partial charge in [-0.15, -0.1) is 0 Å². The Hall–Kier alpha value is -2.56. The molecule has 0 spiro atoms. The molecular weight excluding hydrogens is 262 g/mol. The molecule has 0 saturated carbocycles. The molecule has 0 unspecified atom stereocenters. The highest BCUT2D eigenvalue weighted by atomic mass is 15.1. The molecule has 0 bridgehead atoms. The van der Waals surface area contributed by atoms with Crippen LogP contribution in [0.4, 0.5) is 5.69 Å². The lowest BCUT2D eigenvalue weighted by Crippen LogP contribution is -2.08. The molecule has 0 radical (unpaired) electrons. The van der Waals surface area contributed by atoms with Crippen LogP contribution >= 0.6 is 0 Å². The summed E-state index contributed by atoms with van der Waals surface area (Å²) in [6, 6.07) is 10.7. The molecule has 21 heavy (non-hydrogen) atoms. The Labute approximate surface area is 124 Å². The van der Waals surface area contributed by atoms with Crippen LogP contribution in [0.5, 0.6) is 0 Å². The van der Waals surface area contributed by atoms with Crippen LogP contribution in [0.2, 0.25) is 0 Å². The zero-order valence-electron chi connectivity index (χ0n) is 12.2. The van der Waals surface area contributed by atoms with Crippen molar-refractivity contribution < 1.29 is 0 Å². The van der Waals surface area contributed by atoms with Crippen LogP contribution in [0.15, 0.2) is 49.1 Å². The van der Waals surface area contributed by atoms with Crippen molar-refractivity contribution in [2.75, 3.05) is 5.32 Å². The second kappa shape index (κ2) is 5.83. The van der Waals surface area contributed by atoms with E-state index in [0.29, 0.717) is 6.04 Å². The Kier molecular flexibility index (Phi) is 3.73. The van der Waals surface area contributed by atoms with Crippen molar-refractivity contribution in [3.05, 3.63) is 54.7 Å². The zero-order chi connectivity index (χ0) is 14.7. The molecule has 5 nitrogen and oxygen atoms in total. The third-order valence-corrected chi connectivity index (χ3v) is 3.47. The van der Waals surface area contributed by atoms with E-state index in [-0.39, 0.29) is 0 Å². The van der Waals surface area contributed by atoms with Crippen molar-refractivity contribution in [3.8, 4) is 11.3 Å². The average Bonchev–Trinajstić information content (AvgIpc) is 3.17. The van der Waals surface area contributed by atoms with Gasteiger partial charge in [0.25, 0.3) is 0 Å². The van der Waals surface area contributed by atoms with E-state index in [1.54, 1.807) is 6.20 Å². The number of hydrogen-bond acceptors (Lipinski definition) is 3. The maximum Gasteiger partial charge on any atom is 0.0951 e. The number of H-pyrrole nitrogens is 1. The molecule has 0 aliphatic heterocycles. The van der Waals surface area contributed by atoms with E-state index < -0.39 is 0 Å². The maximum atomic E-state index is 4.22. The topological polar surface area (TPSA) is 58.5 Å². The van der Waals surface area contributed by atoms with Crippen molar-refractivity contribution in [2.45, 2.75) is 26.4 Å². The van der Waals surface area contributed by atoms with Crippen molar-refractivity contribution in [3.63, 3.8) is 0 Å². The van der Waals surface area contributed by atoms with Crippen LogP contribution in [0.25, 0.3) is 11.3 Å². The van der Waals surface area contributed by atoms with Gasteiger partial charge >= 0.3 is 0 Å². The van der Waals surface area contributed by atoms with Crippen LogP contribution in [0.3, 0.4) is 0 Å². The Morgan fingerprint density at radius 3 is 2.67 bits per heavy atom. The number of aromatic amines is 1. The van der Waals surface area contributed by atoms with Gasteiger partial charge in [0.05, 0.1) is 24.3 Å². The van der Waals surface area contributed by atoms with E-state index >= 15 is 0 Å². The lowest BCUT2D eigenvalue weighted by Gasteiger charge is -2.13. The third-order valence-electron chi connectivity index (χ3n) is 3.47. The van der Waals surface area contributed by atoms with E-state index in [4.69, 9.17) is 0 Å². The van der Waals surface area contributed by atoms with Crippen LogP contribution in [0, 0.1) is 0 Å². The molecule has 0 amide bonds. The Balaban J connectivity index is 1.67. The highest BCUT2D eigenvalue weighted by molar-refractivity contribution is 5.62. The summed E-state index contributed by atoms with van der Waals surface area (Å²) in [5.74, 6) is 0. The molecular formula is C16H19N5. The average molecular weight is 281 g/mol. The first-order valence-corrected chi connectivity index (χ1v) is 7.08. The van der Waals surface area contributed by atoms with E-state index in [9.17, 15) is 0 Å². The Bertz CT molecular complexity index is 680. The van der Waals surface area contributed by atoms with Crippen molar-refractivity contribution >= 4 is 5.69 Å². The first-order chi connectivity index (χ1) is 10.2. The molecule has 108 valence electrons. The van der Waals surface area contributed by atoms with E-state index in [2.05, 4.69) is 63.2 Å². The number of rotatable bonds is 5. The van der Waals surface area contributed by atoms with E-state index in [0.717, 1.165) is 23.5 Å². The van der Waals surface area contributed by atoms with Crippen molar-refractivity contribution in [1.82, 2.24) is 19.7 Å². The van der Waals surface area contributed by atoms with Gasteiger partial charge < -0.3 is 9.88 Å². The number of nitrogens with zero attached hydrogens (tertiary/aromatic N) is 3. The molecule has 0 fully saturated rings. The van der Waals surface area contributed by atoms with Gasteiger partial charge in [-0.2, -0.15) is 5.10 Å². The summed E-state index contributed by atoms with van der Waals surface area (Å²) in [5.41, 5.74) is 4.43. The molecule has 0 atom stereocenters. The third kappa shape index (κ3) is 2.97. The first-order valence-electron chi connectivity index (χ1n) is 7.08. The molecule has 0 aliphatic carbocycles. The van der Waals surface area contributed by atoms with E-state index in [1.807, 2.05) is 18.6 Å². The van der Waals surface area contributed by atoms with Gasteiger partial charge in [0.15, 0.2) is 0 Å². The van der Waals surface area contributed by atoms with Crippen LogP contribution in [-0.4, -0.2) is 19.7 Å². The summed E-state index contributed by atoms with van der Waals surface area (Å²) in [5, 5.41) is 10.4. The minimum absolute atomic E-state index is 0.423. The van der Waals surface area contributed by atoms with Gasteiger partial charge in [-0.3, -0.25) is 5.10 Å². The van der Waals surface area contributed by atoms with Gasteiger partial charge in [0.2, 0.25) is 0 Å². The van der Waals surface area contributed by atoms with Crippen LogP contribution < -0.4 is 5.32 Å². The summed E-state index contributed by atoms with van der Waals surface area (Å²) in [4.78, 5) is 4.22. The second-order valence-electron chi connectivity index (χ2n) is 5.29. The Morgan fingerprint density at radius 2 is 2.00 bits per heavy atom. The smallest absolute Gasteiger partial charge is 0.0951 e. The van der Waals surface area contributed by atoms with Gasteiger partial charge in [0.1, 0.15) is 0 Å². The minimum atomic E-state index is 0.423. The molecule has 1 aromatic carbocycles. The van der Waals surface area contributed by atoms with Gasteiger partial charge in [0, 0.05) is 24.1 Å². The van der Waals surface area contributed by atoms with Crippen molar-refractivity contribution in [1.29, 1.82) is 0 Å². The zero-order valence-corrected chi connectivity index (χ0v) is 12.2. The summed E-state index contributed by atoms with van der Waals surface area (Å²) in [6.07, 6.45) is 5.55. The molecule has 2 aromatic heterocycles. The Morgan fingerprint density at radius 1 is 1.19 bits per heavy atom. The van der Waals surface area contributed by atoms with Gasteiger partial charge in [-0.1, -0.05) is 12.1 Å². The first kappa shape index (κ1) is 13.4. The predicted octanol–water partition coefficient (Wildman–Crippen LogP) is 3.47.